The van der Waals surface area contributed by atoms with Crippen molar-refractivity contribution in [2.24, 2.45) is 5.92 Å². The fraction of sp³-hybridized carbons (Fsp3) is 0.538. The summed E-state index contributed by atoms with van der Waals surface area (Å²) in [6.45, 7) is 2.50. The predicted octanol–water partition coefficient (Wildman–Crippen LogP) is 2.99. The van der Waals surface area contributed by atoms with Gasteiger partial charge >= 0.3 is 0 Å². The SMILES string of the molecule is CC(Cl)C1CCN(S(=O)(=O)c2ccc(F)cc2F)CC1. The lowest BCUT2D eigenvalue weighted by Gasteiger charge is -2.32. The molecule has 3 nitrogen and oxygen atoms in total. The van der Waals surface area contributed by atoms with Crippen molar-refractivity contribution >= 4 is 21.6 Å². The second-order valence-corrected chi connectivity index (χ2v) is 7.59. The molecule has 0 aromatic heterocycles. The second-order valence-electron chi connectivity index (χ2n) is 4.99. The molecule has 1 aromatic carbocycles. The van der Waals surface area contributed by atoms with E-state index in [1.54, 1.807) is 0 Å². The monoisotopic (exact) mass is 323 g/mol. The number of nitrogens with zero attached hydrogens (tertiary/aromatic N) is 1. The Morgan fingerprint density at radius 1 is 1.30 bits per heavy atom. The standard InChI is InChI=1S/C13H16ClF2NO2S/c1-9(14)10-4-6-17(7-5-10)20(18,19)13-3-2-11(15)8-12(13)16/h2-3,8-10H,4-7H2,1H3. The molecule has 1 aromatic rings. The van der Waals surface area contributed by atoms with E-state index in [0.29, 0.717) is 32.0 Å². The van der Waals surface area contributed by atoms with Crippen molar-refractivity contribution in [3.8, 4) is 0 Å². The van der Waals surface area contributed by atoms with E-state index in [0.717, 1.165) is 12.1 Å². The number of alkyl halides is 1. The van der Waals surface area contributed by atoms with E-state index in [9.17, 15) is 17.2 Å². The summed E-state index contributed by atoms with van der Waals surface area (Å²) in [7, 11) is -3.91. The normalized spacial score (nSPS) is 20.0. The first-order valence-corrected chi connectivity index (χ1v) is 8.29. The fourth-order valence-electron chi connectivity index (χ4n) is 2.40. The summed E-state index contributed by atoms with van der Waals surface area (Å²) in [4.78, 5) is -0.476. The molecule has 1 atom stereocenters. The number of sulfonamides is 1. The fourth-order valence-corrected chi connectivity index (χ4v) is 4.17. The summed E-state index contributed by atoms with van der Waals surface area (Å²) >= 11 is 6.01. The van der Waals surface area contributed by atoms with Gasteiger partial charge in [0.05, 0.1) is 0 Å². The van der Waals surface area contributed by atoms with Crippen molar-refractivity contribution < 1.29 is 17.2 Å². The first-order chi connectivity index (χ1) is 9.32. The highest BCUT2D eigenvalue weighted by molar-refractivity contribution is 7.89. The van der Waals surface area contributed by atoms with Crippen LogP contribution >= 0.6 is 11.6 Å². The van der Waals surface area contributed by atoms with Crippen LogP contribution in [0, 0.1) is 17.6 Å². The zero-order valence-electron chi connectivity index (χ0n) is 11.0. The molecule has 7 heteroatoms. The van der Waals surface area contributed by atoms with Gasteiger partial charge in [-0.25, -0.2) is 17.2 Å². The van der Waals surface area contributed by atoms with E-state index >= 15 is 0 Å². The third kappa shape index (κ3) is 3.13. The van der Waals surface area contributed by atoms with Crippen molar-refractivity contribution in [2.75, 3.05) is 13.1 Å². The van der Waals surface area contributed by atoms with E-state index < -0.39 is 26.6 Å². The van der Waals surface area contributed by atoms with Gasteiger partial charge in [0.2, 0.25) is 10.0 Å². The molecule has 0 spiro atoms. The van der Waals surface area contributed by atoms with Crippen LogP contribution in [0.25, 0.3) is 0 Å². The Hall–Kier alpha value is -0.720. The summed E-state index contributed by atoms with van der Waals surface area (Å²) in [5.74, 6) is -1.59. The lowest BCUT2D eigenvalue weighted by Crippen LogP contribution is -2.40. The molecule has 0 radical (unpaired) electrons. The molecule has 0 aliphatic carbocycles. The molecule has 1 saturated heterocycles. The minimum Gasteiger partial charge on any atom is -0.207 e. The van der Waals surface area contributed by atoms with Gasteiger partial charge < -0.3 is 0 Å². The average molecular weight is 324 g/mol. The number of hydrogen-bond acceptors (Lipinski definition) is 2. The molecule has 112 valence electrons. The van der Waals surface area contributed by atoms with Crippen LogP contribution in [-0.2, 0) is 10.0 Å². The van der Waals surface area contributed by atoms with Crippen molar-refractivity contribution in [3.05, 3.63) is 29.8 Å². The van der Waals surface area contributed by atoms with E-state index in [1.807, 2.05) is 6.92 Å². The Morgan fingerprint density at radius 2 is 1.90 bits per heavy atom. The van der Waals surface area contributed by atoms with Crippen LogP contribution in [0.1, 0.15) is 19.8 Å². The van der Waals surface area contributed by atoms with Gasteiger partial charge in [-0.1, -0.05) is 0 Å². The van der Waals surface area contributed by atoms with E-state index in [4.69, 9.17) is 11.6 Å². The van der Waals surface area contributed by atoms with Gasteiger partial charge in [0, 0.05) is 24.5 Å². The van der Waals surface area contributed by atoms with Crippen LogP contribution in [0.4, 0.5) is 8.78 Å². The Balaban J connectivity index is 2.20. The van der Waals surface area contributed by atoms with Crippen LogP contribution in [0.5, 0.6) is 0 Å². The highest BCUT2D eigenvalue weighted by Crippen LogP contribution is 2.28. The summed E-state index contributed by atoms with van der Waals surface area (Å²) in [5.41, 5.74) is 0. The summed E-state index contributed by atoms with van der Waals surface area (Å²) in [6, 6.07) is 2.50. The Morgan fingerprint density at radius 3 is 2.40 bits per heavy atom. The molecular weight excluding hydrogens is 308 g/mol. The topological polar surface area (TPSA) is 37.4 Å². The quantitative estimate of drug-likeness (QED) is 0.802. The van der Waals surface area contributed by atoms with Crippen molar-refractivity contribution in [1.82, 2.24) is 4.31 Å². The zero-order valence-corrected chi connectivity index (χ0v) is 12.6. The number of benzene rings is 1. The molecule has 1 fully saturated rings. The van der Waals surface area contributed by atoms with Gasteiger partial charge in [-0.2, -0.15) is 4.31 Å². The third-order valence-electron chi connectivity index (χ3n) is 3.66. The second kappa shape index (κ2) is 5.95. The minimum absolute atomic E-state index is 0.0117. The summed E-state index contributed by atoms with van der Waals surface area (Å²) < 4.78 is 52.4. The Bertz CT molecular complexity index is 584. The summed E-state index contributed by atoms with van der Waals surface area (Å²) in [5, 5.41) is -0.0117. The largest absolute Gasteiger partial charge is 0.245 e. The molecule has 2 rings (SSSR count). The first kappa shape index (κ1) is 15.7. The molecule has 0 amide bonds. The van der Waals surface area contributed by atoms with Gasteiger partial charge in [-0.3, -0.25) is 0 Å². The first-order valence-electron chi connectivity index (χ1n) is 6.41. The van der Waals surface area contributed by atoms with Gasteiger partial charge in [0.25, 0.3) is 0 Å². The lowest BCUT2D eigenvalue weighted by atomic mass is 9.95. The Kier molecular flexibility index (Phi) is 4.66. The smallest absolute Gasteiger partial charge is 0.207 e. The van der Waals surface area contributed by atoms with Crippen LogP contribution in [0.3, 0.4) is 0 Å². The maximum Gasteiger partial charge on any atom is 0.245 e. The van der Waals surface area contributed by atoms with E-state index in [2.05, 4.69) is 0 Å². The molecule has 0 bridgehead atoms. The molecule has 1 heterocycles. The molecule has 0 N–H and O–H groups in total. The van der Waals surface area contributed by atoms with Gasteiger partial charge in [-0.05, 0) is 37.8 Å². The molecular formula is C13H16ClF2NO2S. The molecule has 1 unspecified atom stereocenters. The predicted molar refractivity (Wildman–Crippen MR) is 73.2 cm³/mol. The zero-order chi connectivity index (χ0) is 14.9. The lowest BCUT2D eigenvalue weighted by molar-refractivity contribution is 0.271. The van der Waals surface area contributed by atoms with E-state index in [-0.39, 0.29) is 11.3 Å². The minimum atomic E-state index is -3.91. The van der Waals surface area contributed by atoms with Crippen LogP contribution < -0.4 is 0 Å². The number of rotatable bonds is 3. The average Bonchev–Trinajstić information content (AvgIpc) is 2.38. The molecule has 0 saturated carbocycles. The highest BCUT2D eigenvalue weighted by atomic mass is 35.5. The van der Waals surface area contributed by atoms with Crippen molar-refractivity contribution in [2.45, 2.75) is 30.0 Å². The molecule has 1 aliphatic rings. The van der Waals surface area contributed by atoms with Crippen molar-refractivity contribution in [1.29, 1.82) is 0 Å². The maximum atomic E-state index is 13.6. The number of piperidine rings is 1. The van der Waals surface area contributed by atoms with Crippen LogP contribution in [0.15, 0.2) is 23.1 Å². The number of halogens is 3. The number of hydrogen-bond donors (Lipinski definition) is 0. The van der Waals surface area contributed by atoms with E-state index in [1.165, 1.54) is 4.31 Å². The summed E-state index contributed by atoms with van der Waals surface area (Å²) in [6.07, 6.45) is 1.29. The van der Waals surface area contributed by atoms with Crippen molar-refractivity contribution in [3.63, 3.8) is 0 Å². The Labute approximate surface area is 122 Å². The van der Waals surface area contributed by atoms with Gasteiger partial charge in [0.1, 0.15) is 16.5 Å². The molecule has 1 aliphatic heterocycles. The van der Waals surface area contributed by atoms with Crippen LogP contribution in [-0.4, -0.2) is 31.2 Å². The highest BCUT2D eigenvalue weighted by Gasteiger charge is 2.32. The third-order valence-corrected chi connectivity index (χ3v) is 5.95. The van der Waals surface area contributed by atoms with Gasteiger partial charge in [0.15, 0.2) is 0 Å². The van der Waals surface area contributed by atoms with Gasteiger partial charge in [-0.15, -0.1) is 11.6 Å². The van der Waals surface area contributed by atoms with Crippen LogP contribution in [0.2, 0.25) is 0 Å². The molecule has 20 heavy (non-hydrogen) atoms. The maximum absolute atomic E-state index is 13.6.